The molecule has 1 aliphatic carbocycles. The van der Waals surface area contributed by atoms with E-state index >= 15 is 0 Å². The molecule has 0 spiro atoms. The number of ether oxygens (including phenoxy) is 1. The van der Waals surface area contributed by atoms with Crippen LogP contribution in [0, 0.1) is 24.0 Å². The van der Waals surface area contributed by atoms with E-state index in [0.29, 0.717) is 0 Å². The average Bonchev–Trinajstić information content (AvgIpc) is 2.52. The number of alkyl halides is 1. The van der Waals surface area contributed by atoms with Gasteiger partial charge in [-0.1, -0.05) is 25.2 Å². The Hall–Kier alpha value is -1.80. The van der Waals surface area contributed by atoms with Crippen molar-refractivity contribution in [2.75, 3.05) is 13.2 Å². The van der Waals surface area contributed by atoms with Crippen molar-refractivity contribution in [3.8, 4) is 18.1 Å². The molecule has 3 nitrogen and oxygen atoms in total. The first-order chi connectivity index (χ1) is 10.9. The summed E-state index contributed by atoms with van der Waals surface area (Å²) in [4.78, 5) is 11.6. The lowest BCUT2D eigenvalue weighted by Crippen LogP contribution is -2.40. The van der Waals surface area contributed by atoms with Crippen LogP contribution in [0.3, 0.4) is 0 Å². The van der Waals surface area contributed by atoms with Gasteiger partial charge >= 0.3 is 0 Å². The van der Waals surface area contributed by atoms with E-state index in [9.17, 15) is 13.6 Å². The minimum Gasteiger partial charge on any atom is -0.475 e. The third-order valence-corrected chi connectivity index (χ3v) is 4.39. The molecule has 0 heterocycles. The quantitative estimate of drug-likeness (QED) is 0.656. The number of halogens is 3. The topological polar surface area (TPSA) is 38.3 Å². The van der Waals surface area contributed by atoms with Gasteiger partial charge in [0.05, 0.1) is 4.87 Å². The molecule has 6 heteroatoms. The van der Waals surface area contributed by atoms with E-state index in [1.807, 2.05) is 0 Å². The maximum absolute atomic E-state index is 13.8. The summed E-state index contributed by atoms with van der Waals surface area (Å²) in [6.45, 7) is 0.0140. The summed E-state index contributed by atoms with van der Waals surface area (Å²) in [6, 6.07) is 1.85. The molecule has 124 valence electrons. The average molecular weight is 342 g/mol. The molecule has 2 rings (SSSR count). The minimum atomic E-state index is -0.969. The second-order valence-corrected chi connectivity index (χ2v) is 6.46. The molecule has 0 aromatic heterocycles. The van der Waals surface area contributed by atoms with Gasteiger partial charge in [0, 0.05) is 12.1 Å². The van der Waals surface area contributed by atoms with Gasteiger partial charge < -0.3 is 10.1 Å². The second-order valence-electron chi connectivity index (χ2n) is 5.66. The number of rotatable bonds is 5. The minimum absolute atomic E-state index is 0.121. The molecule has 1 aliphatic rings. The van der Waals surface area contributed by atoms with Gasteiger partial charge in [0.1, 0.15) is 6.61 Å². The molecular formula is C17H18ClF2NO2. The van der Waals surface area contributed by atoms with E-state index in [-0.39, 0.29) is 18.7 Å². The third kappa shape index (κ3) is 4.59. The van der Waals surface area contributed by atoms with E-state index in [1.165, 1.54) is 0 Å². The molecule has 0 aliphatic heterocycles. The summed E-state index contributed by atoms with van der Waals surface area (Å²) >= 11 is 6.45. The molecule has 1 aromatic rings. The molecule has 0 saturated heterocycles. The first kappa shape index (κ1) is 17.6. The number of hydrogen-bond acceptors (Lipinski definition) is 2. The van der Waals surface area contributed by atoms with Gasteiger partial charge in [0.25, 0.3) is 5.91 Å². The molecular weight excluding hydrogens is 324 g/mol. The Labute approximate surface area is 139 Å². The van der Waals surface area contributed by atoms with Crippen molar-refractivity contribution in [3.63, 3.8) is 0 Å². The molecule has 0 radical (unpaired) electrons. The fourth-order valence-electron chi connectivity index (χ4n) is 2.65. The van der Waals surface area contributed by atoms with Crippen molar-refractivity contribution in [1.29, 1.82) is 0 Å². The molecule has 1 saturated carbocycles. The van der Waals surface area contributed by atoms with E-state index in [0.717, 1.165) is 44.2 Å². The van der Waals surface area contributed by atoms with E-state index in [1.54, 1.807) is 0 Å². The zero-order valence-electron chi connectivity index (χ0n) is 12.6. The van der Waals surface area contributed by atoms with Crippen molar-refractivity contribution in [3.05, 3.63) is 29.3 Å². The third-order valence-electron chi connectivity index (χ3n) is 3.88. The normalized spacial score (nSPS) is 16.4. The summed E-state index contributed by atoms with van der Waals surface area (Å²) in [5.74, 6) is -0.973. The smallest absolute Gasteiger partial charge is 0.251 e. The first-order valence-electron chi connectivity index (χ1n) is 7.48. The van der Waals surface area contributed by atoms with Crippen LogP contribution in [0.2, 0.25) is 0 Å². The van der Waals surface area contributed by atoms with Crippen LogP contribution >= 0.6 is 11.6 Å². The molecule has 0 bridgehead atoms. The van der Waals surface area contributed by atoms with Gasteiger partial charge in [-0.15, -0.1) is 18.0 Å². The van der Waals surface area contributed by atoms with Crippen molar-refractivity contribution in [2.45, 2.75) is 37.0 Å². The highest BCUT2D eigenvalue weighted by Gasteiger charge is 2.30. The highest BCUT2D eigenvalue weighted by atomic mass is 35.5. The number of terminal acetylenes is 1. The van der Waals surface area contributed by atoms with Gasteiger partial charge in [-0.2, -0.15) is 0 Å². The number of hydrogen-bond donors (Lipinski definition) is 1. The molecule has 0 unspecified atom stereocenters. The van der Waals surface area contributed by atoms with E-state index < -0.39 is 28.2 Å². The van der Waals surface area contributed by atoms with Gasteiger partial charge in [0.15, 0.2) is 17.4 Å². The van der Waals surface area contributed by atoms with Crippen molar-refractivity contribution >= 4 is 17.5 Å². The molecule has 0 atom stereocenters. The number of carbonyl (C=O) groups excluding carboxylic acids is 1. The van der Waals surface area contributed by atoms with Crippen LogP contribution in [0.15, 0.2) is 12.1 Å². The van der Waals surface area contributed by atoms with E-state index in [2.05, 4.69) is 11.2 Å². The number of carbonyl (C=O) groups is 1. The van der Waals surface area contributed by atoms with Crippen LogP contribution < -0.4 is 10.1 Å². The van der Waals surface area contributed by atoms with Gasteiger partial charge in [-0.25, -0.2) is 8.78 Å². The fraction of sp³-hybridized carbons (Fsp3) is 0.471. The fourth-order valence-corrected chi connectivity index (χ4v) is 2.98. The van der Waals surface area contributed by atoms with Crippen molar-refractivity contribution < 1.29 is 18.3 Å². The molecule has 23 heavy (non-hydrogen) atoms. The highest BCUT2D eigenvalue weighted by molar-refractivity contribution is 6.24. The molecule has 1 N–H and O–H groups in total. The van der Waals surface area contributed by atoms with Crippen molar-refractivity contribution in [1.82, 2.24) is 5.32 Å². The summed E-state index contributed by atoms with van der Waals surface area (Å²) < 4.78 is 32.4. The van der Waals surface area contributed by atoms with Crippen LogP contribution in [-0.4, -0.2) is 23.9 Å². The lowest BCUT2D eigenvalue weighted by atomic mass is 9.88. The second kappa shape index (κ2) is 7.65. The Kier molecular flexibility index (Phi) is 5.84. The number of amides is 1. The Morgan fingerprint density at radius 1 is 1.30 bits per heavy atom. The molecule has 1 amide bonds. The predicted octanol–water partition coefficient (Wildman–Crippen LogP) is 3.65. The SMILES string of the molecule is C#CCOc1c(F)cc(C(=O)NCC2(Cl)CCCCC2)cc1F. The summed E-state index contributed by atoms with van der Waals surface area (Å²) in [7, 11) is 0. The standard InChI is InChI=1S/C17H18ClF2NO2/c1-2-8-23-15-13(19)9-12(10-14(15)20)16(22)21-11-17(18)6-4-3-5-7-17/h1,9-10H,3-8,11H2,(H,21,22). The number of benzene rings is 1. The monoisotopic (exact) mass is 341 g/mol. The van der Waals surface area contributed by atoms with Crippen molar-refractivity contribution in [2.24, 2.45) is 0 Å². The zero-order chi connectivity index (χ0) is 16.9. The van der Waals surface area contributed by atoms with Crippen LogP contribution in [-0.2, 0) is 0 Å². The maximum atomic E-state index is 13.8. The Bertz CT molecular complexity index is 599. The summed E-state index contributed by atoms with van der Waals surface area (Å²) in [6.07, 6.45) is 9.78. The predicted molar refractivity (Wildman–Crippen MR) is 84.7 cm³/mol. The lowest BCUT2D eigenvalue weighted by Gasteiger charge is -2.31. The molecule has 1 fully saturated rings. The van der Waals surface area contributed by atoms with Crippen LogP contribution in [0.1, 0.15) is 42.5 Å². The summed E-state index contributed by atoms with van der Waals surface area (Å²) in [5.41, 5.74) is -0.121. The Balaban J connectivity index is 2.03. The van der Waals surface area contributed by atoms with E-state index in [4.69, 9.17) is 22.8 Å². The Morgan fingerprint density at radius 3 is 2.48 bits per heavy atom. The largest absolute Gasteiger partial charge is 0.475 e. The Morgan fingerprint density at radius 2 is 1.91 bits per heavy atom. The van der Waals surface area contributed by atoms with Gasteiger partial charge in [-0.3, -0.25) is 4.79 Å². The maximum Gasteiger partial charge on any atom is 0.251 e. The van der Waals surface area contributed by atoms with Gasteiger partial charge in [0.2, 0.25) is 0 Å². The zero-order valence-corrected chi connectivity index (χ0v) is 13.4. The van der Waals surface area contributed by atoms with Crippen LogP contribution in [0.4, 0.5) is 8.78 Å². The lowest BCUT2D eigenvalue weighted by molar-refractivity contribution is 0.0945. The van der Waals surface area contributed by atoms with Crippen LogP contribution in [0.25, 0.3) is 0 Å². The summed E-state index contributed by atoms with van der Waals surface area (Å²) in [5, 5.41) is 2.65. The highest BCUT2D eigenvalue weighted by Crippen LogP contribution is 2.33. The number of nitrogens with one attached hydrogen (secondary N) is 1. The van der Waals surface area contributed by atoms with Gasteiger partial charge in [-0.05, 0) is 25.0 Å². The first-order valence-corrected chi connectivity index (χ1v) is 7.85. The van der Waals surface area contributed by atoms with Crippen LogP contribution in [0.5, 0.6) is 5.75 Å². The molecule has 1 aromatic carbocycles.